The van der Waals surface area contributed by atoms with Crippen molar-refractivity contribution in [3.05, 3.63) is 30.3 Å². The van der Waals surface area contributed by atoms with Gasteiger partial charge in [0, 0.05) is 4.90 Å². The van der Waals surface area contributed by atoms with Crippen LogP contribution in [0.25, 0.3) is 0 Å². The van der Waals surface area contributed by atoms with Crippen LogP contribution in [0.3, 0.4) is 0 Å². The minimum absolute atomic E-state index is 0.318. The normalized spacial score (nSPS) is 14.8. The van der Waals surface area contributed by atoms with E-state index in [2.05, 4.69) is 4.36 Å². The Labute approximate surface area is 103 Å². The van der Waals surface area contributed by atoms with E-state index in [1.807, 2.05) is 19.9 Å². The van der Waals surface area contributed by atoms with Crippen LogP contribution in [-0.4, -0.2) is 16.2 Å². The Hall–Kier alpha value is -1.20. The second-order valence-electron chi connectivity index (χ2n) is 4.28. The summed E-state index contributed by atoms with van der Waals surface area (Å²) in [4.78, 5) is 12.1. The molecule has 0 fully saturated rings. The van der Waals surface area contributed by atoms with Crippen molar-refractivity contribution in [3.8, 4) is 0 Å². The molecule has 0 bridgehead atoms. The number of thiol groups is 1. The molecule has 0 saturated carbocycles. The fraction of sp³-hybridized carbons (Fsp3) is 0.417. The van der Waals surface area contributed by atoms with E-state index >= 15 is 0 Å². The predicted octanol–water partition coefficient (Wildman–Crippen LogP) is 1.61. The molecule has 0 spiro atoms. The van der Waals surface area contributed by atoms with Gasteiger partial charge in [-0.15, -0.1) is 0 Å². The van der Waals surface area contributed by atoms with Crippen molar-refractivity contribution in [2.45, 2.75) is 31.2 Å². The number of nitrogens with two attached hydrogens (primary N) is 1. The Morgan fingerprint density at radius 1 is 1.35 bits per heavy atom. The highest BCUT2D eigenvalue weighted by Crippen LogP contribution is 2.06. The predicted molar refractivity (Wildman–Crippen MR) is 69.1 cm³/mol. The van der Waals surface area contributed by atoms with Gasteiger partial charge in [-0.3, -0.25) is 4.79 Å². The molecule has 1 aromatic carbocycles. The van der Waals surface area contributed by atoms with Crippen LogP contribution in [-0.2, 0) is 15.4 Å². The van der Waals surface area contributed by atoms with E-state index in [1.165, 1.54) is 0 Å². The van der Waals surface area contributed by atoms with Crippen molar-refractivity contribution in [1.82, 2.24) is 0 Å². The van der Waals surface area contributed by atoms with Gasteiger partial charge >= 0.3 is 0 Å². The van der Waals surface area contributed by atoms with Crippen molar-refractivity contribution >= 4 is 16.5 Å². The number of rotatable bonds is 4. The topological polar surface area (TPSA) is 72.5 Å². The van der Waals surface area contributed by atoms with Crippen LogP contribution in [0.1, 0.15) is 20.3 Å². The van der Waals surface area contributed by atoms with Gasteiger partial charge in [-0.2, -0.15) is 4.36 Å². The Balaban J connectivity index is 2.76. The van der Waals surface area contributed by atoms with E-state index < -0.39 is 22.5 Å². The maximum atomic E-state index is 11.8. The molecule has 1 amide bonds. The monoisotopic (exact) mass is 254 g/mol. The molecule has 0 aliphatic rings. The van der Waals surface area contributed by atoms with Gasteiger partial charge in [-0.05, 0) is 24.5 Å². The molecule has 2 unspecified atom stereocenters. The molecular weight excluding hydrogens is 236 g/mol. The largest absolute Gasteiger partial charge is 0.320 e. The standard InChI is InChI=1S/C12H18N2O2S/c1-9(2)8-11(13)12(15)14-17(16)10-6-4-3-5-7-10/h3-7,9,11,17H,8,13H2,1-2H3. The minimum Gasteiger partial charge on any atom is -0.320 e. The summed E-state index contributed by atoms with van der Waals surface area (Å²) < 4.78 is 15.4. The second-order valence-corrected chi connectivity index (χ2v) is 5.55. The van der Waals surface area contributed by atoms with Gasteiger partial charge < -0.3 is 5.73 Å². The summed E-state index contributed by atoms with van der Waals surface area (Å²) >= 11 is 0. The smallest absolute Gasteiger partial charge is 0.270 e. The Bertz CT molecular complexity index is 451. The molecule has 2 N–H and O–H groups in total. The third-order valence-corrected chi connectivity index (χ3v) is 3.33. The van der Waals surface area contributed by atoms with Crippen LogP contribution < -0.4 is 5.73 Å². The first-order valence-corrected chi connectivity index (χ1v) is 6.75. The second kappa shape index (κ2) is 6.51. The molecule has 0 aromatic heterocycles. The van der Waals surface area contributed by atoms with E-state index in [0.29, 0.717) is 17.2 Å². The van der Waals surface area contributed by atoms with Crippen molar-refractivity contribution < 1.29 is 9.00 Å². The number of nitrogens with zero attached hydrogens (tertiary/aromatic N) is 1. The van der Waals surface area contributed by atoms with E-state index in [1.54, 1.807) is 24.3 Å². The lowest BCUT2D eigenvalue weighted by atomic mass is 10.0. The third-order valence-electron chi connectivity index (χ3n) is 2.21. The first-order chi connectivity index (χ1) is 8.00. The number of hydrogen-bond donors (Lipinski definition) is 2. The molecule has 17 heavy (non-hydrogen) atoms. The fourth-order valence-corrected chi connectivity index (χ4v) is 2.26. The summed E-state index contributed by atoms with van der Waals surface area (Å²) in [5.41, 5.74) is 5.67. The first-order valence-electron chi connectivity index (χ1n) is 5.54. The zero-order valence-corrected chi connectivity index (χ0v) is 10.9. The molecule has 0 radical (unpaired) electrons. The van der Waals surface area contributed by atoms with Crippen LogP contribution in [0.4, 0.5) is 0 Å². The van der Waals surface area contributed by atoms with Crippen LogP contribution in [0.2, 0.25) is 0 Å². The Morgan fingerprint density at radius 2 is 1.94 bits per heavy atom. The summed E-state index contributed by atoms with van der Waals surface area (Å²) in [6.45, 7) is 3.95. The van der Waals surface area contributed by atoms with Gasteiger partial charge in [0.25, 0.3) is 5.91 Å². The molecular formula is C12H18N2O2S. The first kappa shape index (κ1) is 13.9. The lowest BCUT2D eigenvalue weighted by molar-refractivity contribution is -0.119. The molecule has 1 aromatic rings. The van der Waals surface area contributed by atoms with Gasteiger partial charge in [0.1, 0.15) is 0 Å². The molecule has 4 nitrogen and oxygen atoms in total. The van der Waals surface area contributed by atoms with Crippen molar-refractivity contribution in [3.63, 3.8) is 0 Å². The van der Waals surface area contributed by atoms with Crippen LogP contribution in [0.15, 0.2) is 39.6 Å². The Morgan fingerprint density at radius 3 is 2.47 bits per heavy atom. The maximum Gasteiger partial charge on any atom is 0.270 e. The number of carbonyl (C=O) groups is 1. The van der Waals surface area contributed by atoms with Crippen molar-refractivity contribution in [2.75, 3.05) is 0 Å². The quantitative estimate of drug-likeness (QED) is 0.802. The van der Waals surface area contributed by atoms with Gasteiger partial charge in [0.2, 0.25) is 0 Å². The molecule has 0 saturated heterocycles. The van der Waals surface area contributed by atoms with Gasteiger partial charge in [0.05, 0.1) is 16.6 Å². The van der Waals surface area contributed by atoms with Crippen LogP contribution in [0.5, 0.6) is 0 Å². The number of carbonyl (C=O) groups excluding carboxylic acids is 1. The van der Waals surface area contributed by atoms with Crippen molar-refractivity contribution in [1.29, 1.82) is 0 Å². The van der Waals surface area contributed by atoms with E-state index in [-0.39, 0.29) is 0 Å². The molecule has 0 heterocycles. The molecule has 94 valence electrons. The average molecular weight is 254 g/mol. The lowest BCUT2D eigenvalue weighted by Crippen LogP contribution is -2.30. The van der Waals surface area contributed by atoms with Crippen LogP contribution in [0, 0.1) is 5.92 Å². The number of hydrogen-bond acceptors (Lipinski definition) is 3. The molecule has 0 aliphatic heterocycles. The summed E-state index contributed by atoms with van der Waals surface area (Å²) in [5, 5.41) is 0. The zero-order valence-electron chi connectivity index (χ0n) is 10.0. The van der Waals surface area contributed by atoms with Gasteiger partial charge in [0.15, 0.2) is 0 Å². The Kier molecular flexibility index (Phi) is 5.31. The fourth-order valence-electron chi connectivity index (χ4n) is 1.39. The number of amides is 1. The molecule has 0 aliphatic carbocycles. The molecule has 1 rings (SSSR count). The SMILES string of the molecule is CC(C)CC(N)C(=O)N=[SH](=O)c1ccccc1. The summed E-state index contributed by atoms with van der Waals surface area (Å²) in [6.07, 6.45) is 0.556. The third kappa shape index (κ3) is 4.66. The summed E-state index contributed by atoms with van der Waals surface area (Å²) in [7, 11) is -2.03. The van der Waals surface area contributed by atoms with E-state index in [0.717, 1.165) is 0 Å². The highest BCUT2D eigenvalue weighted by molar-refractivity contribution is 7.75. The van der Waals surface area contributed by atoms with Crippen LogP contribution >= 0.6 is 0 Å². The highest BCUT2D eigenvalue weighted by atomic mass is 32.2. The minimum atomic E-state index is -2.03. The zero-order chi connectivity index (χ0) is 12.8. The summed E-state index contributed by atoms with van der Waals surface area (Å²) in [6, 6.07) is 8.05. The average Bonchev–Trinajstić information content (AvgIpc) is 2.29. The molecule has 2 atom stereocenters. The summed E-state index contributed by atoms with van der Waals surface area (Å²) in [5.74, 6) is -0.164. The van der Waals surface area contributed by atoms with Gasteiger partial charge in [-0.25, -0.2) is 4.21 Å². The highest BCUT2D eigenvalue weighted by Gasteiger charge is 2.14. The van der Waals surface area contributed by atoms with Gasteiger partial charge in [-0.1, -0.05) is 32.0 Å². The van der Waals surface area contributed by atoms with E-state index in [4.69, 9.17) is 5.73 Å². The lowest BCUT2D eigenvalue weighted by Gasteiger charge is -2.09. The maximum absolute atomic E-state index is 11.8. The molecule has 5 heteroatoms. The van der Waals surface area contributed by atoms with Crippen molar-refractivity contribution in [2.24, 2.45) is 16.0 Å². The number of benzene rings is 1. The van der Waals surface area contributed by atoms with E-state index in [9.17, 15) is 9.00 Å².